The normalized spacial score (nSPS) is 16.2. The molecule has 0 unspecified atom stereocenters. The maximum Gasteiger partial charge on any atom is 0.339 e. The zero-order chi connectivity index (χ0) is 19.5. The molecule has 26 heavy (non-hydrogen) atoms. The summed E-state index contributed by atoms with van der Waals surface area (Å²) in [5.74, 6) is -0.500. The van der Waals surface area contributed by atoms with Gasteiger partial charge in [0.25, 0.3) is 0 Å². The molecule has 0 amide bonds. The van der Waals surface area contributed by atoms with Crippen molar-refractivity contribution in [2.45, 2.75) is 26.9 Å². The summed E-state index contributed by atoms with van der Waals surface area (Å²) in [6.45, 7) is 6.00. The molecule has 140 valence electrons. The van der Waals surface area contributed by atoms with E-state index in [2.05, 4.69) is 0 Å². The summed E-state index contributed by atoms with van der Waals surface area (Å²) in [6, 6.07) is 4.11. The fraction of sp³-hybridized carbons (Fsp3) is 0.278. The highest BCUT2D eigenvalue weighted by atomic mass is 32.2. The van der Waals surface area contributed by atoms with Gasteiger partial charge in [0.15, 0.2) is 0 Å². The zero-order valence-corrected chi connectivity index (χ0v) is 15.4. The summed E-state index contributed by atoms with van der Waals surface area (Å²) in [6.07, 6.45) is 4.76. The molecule has 2 aliphatic rings. The number of phenols is 1. The van der Waals surface area contributed by atoms with Crippen LogP contribution in [0.1, 0.15) is 31.1 Å². The Labute approximate surface area is 151 Å². The van der Waals surface area contributed by atoms with E-state index in [4.69, 9.17) is 19.7 Å². The lowest BCUT2D eigenvalue weighted by atomic mass is 10.2. The van der Waals surface area contributed by atoms with Gasteiger partial charge in [-0.25, -0.2) is 13.2 Å². The number of aromatic carboxylic acids is 1. The van der Waals surface area contributed by atoms with Crippen LogP contribution in [0.5, 0.6) is 11.5 Å². The van der Waals surface area contributed by atoms with E-state index in [0.717, 1.165) is 0 Å². The second kappa shape index (κ2) is 7.65. The number of aromatic hydroxyl groups is 1. The first-order chi connectivity index (χ1) is 12.2. The standard InChI is InChI=1S/C9H10O4.C9H10O3S/c1-2-13-6-3-4-8(10)7(5-6)9(11)12;1-6(2)12-8-5-7-3-4-9(8)13(7,10)11/h3-5,10H,2H2,1H3,(H,11,12);3-6H,1-2H3. The van der Waals surface area contributed by atoms with E-state index in [0.29, 0.717) is 27.9 Å². The minimum Gasteiger partial charge on any atom is -0.507 e. The van der Waals surface area contributed by atoms with Crippen LogP contribution in [-0.2, 0) is 14.6 Å². The summed E-state index contributed by atoms with van der Waals surface area (Å²) in [7, 11) is -3.18. The van der Waals surface area contributed by atoms with Crippen molar-refractivity contribution in [1.82, 2.24) is 0 Å². The van der Waals surface area contributed by atoms with Crippen molar-refractivity contribution in [3.05, 3.63) is 57.6 Å². The van der Waals surface area contributed by atoms with Crippen LogP contribution in [0, 0.1) is 0 Å². The van der Waals surface area contributed by atoms with Crippen molar-refractivity contribution < 1.29 is 32.9 Å². The third kappa shape index (κ3) is 4.08. The van der Waals surface area contributed by atoms with Crippen molar-refractivity contribution in [2.75, 3.05) is 6.61 Å². The average Bonchev–Trinajstić information content (AvgIpc) is 2.96. The molecular formula is C18H20O7S. The minimum atomic E-state index is -3.18. The summed E-state index contributed by atoms with van der Waals surface area (Å²) < 4.78 is 33.4. The number of benzene rings is 1. The Morgan fingerprint density at radius 1 is 1.23 bits per heavy atom. The minimum absolute atomic E-state index is 0.00213. The van der Waals surface area contributed by atoms with Crippen molar-refractivity contribution in [3.8, 4) is 11.5 Å². The van der Waals surface area contributed by atoms with E-state index in [1.54, 1.807) is 25.2 Å². The summed E-state index contributed by atoms with van der Waals surface area (Å²) in [5.41, 5.74) is -0.147. The Hall–Kier alpha value is -2.74. The molecule has 0 aliphatic carbocycles. The topological polar surface area (TPSA) is 110 Å². The fourth-order valence-corrected chi connectivity index (χ4v) is 3.68. The third-order valence-corrected chi connectivity index (χ3v) is 5.18. The molecule has 2 bridgehead atoms. The number of carboxylic acids is 1. The monoisotopic (exact) mass is 380 g/mol. The molecule has 1 aromatic carbocycles. The van der Waals surface area contributed by atoms with Crippen LogP contribution in [0.3, 0.4) is 0 Å². The van der Waals surface area contributed by atoms with Gasteiger partial charge in [-0.3, -0.25) is 0 Å². The summed E-state index contributed by atoms with van der Waals surface area (Å²) in [4.78, 5) is 11.2. The summed E-state index contributed by atoms with van der Waals surface area (Å²) in [5, 5.41) is 17.8. The van der Waals surface area contributed by atoms with E-state index < -0.39 is 15.8 Å². The van der Waals surface area contributed by atoms with E-state index >= 15 is 0 Å². The predicted molar refractivity (Wildman–Crippen MR) is 95.6 cm³/mol. The Morgan fingerprint density at radius 3 is 2.38 bits per heavy atom. The molecule has 3 rings (SSSR count). The first kappa shape index (κ1) is 19.6. The average molecular weight is 380 g/mol. The number of allylic oxidation sites excluding steroid dienone is 3. The van der Waals surface area contributed by atoms with Crippen LogP contribution in [-0.4, -0.2) is 37.3 Å². The van der Waals surface area contributed by atoms with Gasteiger partial charge in [-0.15, -0.1) is 0 Å². The van der Waals surface area contributed by atoms with Gasteiger partial charge in [-0.1, -0.05) is 0 Å². The number of fused-ring (bicyclic) bond motifs is 2. The number of carbonyl (C=O) groups is 1. The van der Waals surface area contributed by atoms with E-state index in [9.17, 15) is 13.2 Å². The molecular weight excluding hydrogens is 360 g/mol. The molecule has 2 N–H and O–H groups in total. The lowest BCUT2D eigenvalue weighted by Gasteiger charge is -2.09. The van der Waals surface area contributed by atoms with Gasteiger partial charge in [-0.05, 0) is 51.1 Å². The highest BCUT2D eigenvalue weighted by molar-refractivity contribution is 8.00. The van der Waals surface area contributed by atoms with Crippen LogP contribution in [0.25, 0.3) is 0 Å². The molecule has 2 aliphatic heterocycles. The molecule has 0 radical (unpaired) electrons. The highest BCUT2D eigenvalue weighted by Crippen LogP contribution is 2.37. The second-order valence-corrected chi connectivity index (χ2v) is 7.61. The quantitative estimate of drug-likeness (QED) is 0.808. The van der Waals surface area contributed by atoms with Gasteiger partial charge < -0.3 is 19.7 Å². The number of hydrogen-bond acceptors (Lipinski definition) is 6. The van der Waals surface area contributed by atoms with Gasteiger partial charge in [0, 0.05) is 6.08 Å². The van der Waals surface area contributed by atoms with Gasteiger partial charge in [-0.2, -0.15) is 0 Å². The van der Waals surface area contributed by atoms with Crippen molar-refractivity contribution in [2.24, 2.45) is 0 Å². The molecule has 8 heteroatoms. The molecule has 0 saturated carbocycles. The second-order valence-electron chi connectivity index (χ2n) is 5.70. The number of carboxylic acid groups (broad SMARTS) is 1. The Balaban J connectivity index is 0.000000187. The fourth-order valence-electron chi connectivity index (χ4n) is 2.29. The molecule has 1 aromatic rings. The van der Waals surface area contributed by atoms with Crippen LogP contribution < -0.4 is 4.74 Å². The van der Waals surface area contributed by atoms with Crippen molar-refractivity contribution in [3.63, 3.8) is 0 Å². The van der Waals surface area contributed by atoms with Crippen molar-refractivity contribution >= 4 is 15.8 Å². The Bertz CT molecular complexity index is 905. The van der Waals surface area contributed by atoms with Crippen LogP contribution in [0.2, 0.25) is 0 Å². The van der Waals surface area contributed by atoms with Crippen molar-refractivity contribution in [1.29, 1.82) is 0 Å². The number of hydrogen-bond donors (Lipinski definition) is 2. The van der Waals surface area contributed by atoms with Gasteiger partial charge >= 0.3 is 5.97 Å². The first-order valence-electron chi connectivity index (χ1n) is 7.91. The number of rotatable bonds is 5. The number of ether oxygens (including phenoxy) is 2. The van der Waals surface area contributed by atoms with Gasteiger partial charge in [0.1, 0.15) is 27.7 Å². The molecule has 0 aromatic heterocycles. The largest absolute Gasteiger partial charge is 0.507 e. The maximum absolute atomic E-state index is 11.5. The van der Waals surface area contributed by atoms with Gasteiger partial charge in [0.05, 0.1) is 17.6 Å². The Morgan fingerprint density at radius 2 is 1.92 bits per heavy atom. The van der Waals surface area contributed by atoms with Crippen LogP contribution in [0.15, 0.2) is 52.0 Å². The molecule has 2 heterocycles. The predicted octanol–water partition coefficient (Wildman–Crippen LogP) is 2.99. The molecule has 7 nitrogen and oxygen atoms in total. The van der Waals surface area contributed by atoms with E-state index in [1.807, 2.05) is 13.8 Å². The summed E-state index contributed by atoms with van der Waals surface area (Å²) >= 11 is 0. The molecule has 0 saturated heterocycles. The molecule has 0 atom stereocenters. The van der Waals surface area contributed by atoms with E-state index in [1.165, 1.54) is 18.2 Å². The Kier molecular flexibility index (Phi) is 5.76. The van der Waals surface area contributed by atoms with E-state index in [-0.39, 0.29) is 17.4 Å². The SMILES string of the molecule is CC(C)OC1=C2C=CC(=C1)S2(=O)=O.CCOc1ccc(O)c(C(=O)O)c1. The lowest BCUT2D eigenvalue weighted by Crippen LogP contribution is -2.02. The number of sulfone groups is 1. The van der Waals surface area contributed by atoms with Crippen LogP contribution >= 0.6 is 0 Å². The lowest BCUT2D eigenvalue weighted by molar-refractivity contribution is 0.0693. The first-order valence-corrected chi connectivity index (χ1v) is 9.40. The zero-order valence-electron chi connectivity index (χ0n) is 14.6. The maximum atomic E-state index is 11.5. The van der Waals surface area contributed by atoms with Gasteiger partial charge in [0.2, 0.25) is 9.84 Å². The smallest absolute Gasteiger partial charge is 0.339 e. The van der Waals surface area contributed by atoms with Crippen LogP contribution in [0.4, 0.5) is 0 Å². The highest BCUT2D eigenvalue weighted by Gasteiger charge is 2.35. The third-order valence-electron chi connectivity index (χ3n) is 3.39. The molecule has 0 fully saturated rings. The molecule has 0 spiro atoms.